The highest BCUT2D eigenvalue weighted by Gasteiger charge is 1.98. The second kappa shape index (κ2) is 9.44. The lowest BCUT2D eigenvalue weighted by Gasteiger charge is -2.17. The Kier molecular flexibility index (Phi) is 9.35. The van der Waals surface area contributed by atoms with Gasteiger partial charge in [0.05, 0.1) is 12.7 Å². The lowest BCUT2D eigenvalue weighted by Crippen LogP contribution is -2.27. The second-order valence-corrected chi connectivity index (χ2v) is 3.93. The van der Waals surface area contributed by atoms with Crippen molar-refractivity contribution in [1.82, 2.24) is 10.2 Å². The summed E-state index contributed by atoms with van der Waals surface area (Å²) >= 11 is 0. The van der Waals surface area contributed by atoms with Crippen LogP contribution in [0.5, 0.6) is 0 Å². The van der Waals surface area contributed by atoms with Gasteiger partial charge in [-0.15, -0.1) is 0 Å². The van der Waals surface area contributed by atoms with E-state index >= 15 is 0 Å². The molecule has 0 aliphatic heterocycles. The van der Waals surface area contributed by atoms with Crippen molar-refractivity contribution in [2.24, 2.45) is 0 Å². The molecule has 0 atom stereocenters. The lowest BCUT2D eigenvalue weighted by molar-refractivity contribution is 0.0637. The maximum absolute atomic E-state index is 5.48. The van der Waals surface area contributed by atoms with Gasteiger partial charge in [0, 0.05) is 6.54 Å². The SMILES string of the molecule is CCNCCCN(C)CCOC(C)C. The van der Waals surface area contributed by atoms with Crippen LogP contribution in [0.3, 0.4) is 0 Å². The molecule has 3 nitrogen and oxygen atoms in total. The summed E-state index contributed by atoms with van der Waals surface area (Å²) in [5, 5.41) is 3.32. The molecule has 0 radical (unpaired) electrons. The third-order valence-corrected chi connectivity index (χ3v) is 2.07. The van der Waals surface area contributed by atoms with Crippen molar-refractivity contribution < 1.29 is 4.74 Å². The smallest absolute Gasteiger partial charge is 0.0596 e. The first kappa shape index (κ1) is 13.9. The predicted molar refractivity (Wildman–Crippen MR) is 61.7 cm³/mol. The van der Waals surface area contributed by atoms with Crippen LogP contribution in [0.25, 0.3) is 0 Å². The van der Waals surface area contributed by atoms with Gasteiger partial charge in [-0.3, -0.25) is 0 Å². The second-order valence-electron chi connectivity index (χ2n) is 3.93. The molecule has 0 spiro atoms. The molecular formula is C11H26N2O. The van der Waals surface area contributed by atoms with E-state index in [4.69, 9.17) is 4.74 Å². The maximum Gasteiger partial charge on any atom is 0.0596 e. The number of ether oxygens (including phenoxy) is 1. The molecule has 0 unspecified atom stereocenters. The Bertz CT molecular complexity index is 118. The Morgan fingerprint density at radius 3 is 2.57 bits per heavy atom. The molecule has 1 N–H and O–H groups in total. The number of hydrogen-bond donors (Lipinski definition) is 1. The van der Waals surface area contributed by atoms with Crippen LogP contribution in [0.4, 0.5) is 0 Å². The van der Waals surface area contributed by atoms with Crippen molar-refractivity contribution >= 4 is 0 Å². The third kappa shape index (κ3) is 9.96. The summed E-state index contributed by atoms with van der Waals surface area (Å²) in [6.45, 7) is 11.5. The van der Waals surface area contributed by atoms with Crippen molar-refractivity contribution in [2.75, 3.05) is 39.8 Å². The van der Waals surface area contributed by atoms with Gasteiger partial charge in [0.15, 0.2) is 0 Å². The zero-order chi connectivity index (χ0) is 10.8. The van der Waals surface area contributed by atoms with Crippen LogP contribution in [0.15, 0.2) is 0 Å². The molecule has 0 saturated carbocycles. The molecule has 0 aliphatic carbocycles. The normalized spacial score (nSPS) is 11.6. The van der Waals surface area contributed by atoms with Crippen molar-refractivity contribution in [3.8, 4) is 0 Å². The first-order chi connectivity index (χ1) is 6.66. The van der Waals surface area contributed by atoms with Crippen LogP contribution in [0.2, 0.25) is 0 Å². The van der Waals surface area contributed by atoms with Gasteiger partial charge >= 0.3 is 0 Å². The van der Waals surface area contributed by atoms with E-state index in [1.54, 1.807) is 0 Å². The van der Waals surface area contributed by atoms with Gasteiger partial charge in [-0.1, -0.05) is 6.92 Å². The third-order valence-electron chi connectivity index (χ3n) is 2.07. The molecule has 0 bridgehead atoms. The molecule has 0 aliphatic rings. The molecule has 0 aromatic rings. The summed E-state index contributed by atoms with van der Waals surface area (Å²) in [7, 11) is 2.15. The minimum atomic E-state index is 0.352. The zero-order valence-corrected chi connectivity index (χ0v) is 10.2. The number of rotatable bonds is 9. The van der Waals surface area contributed by atoms with E-state index < -0.39 is 0 Å². The number of hydrogen-bond acceptors (Lipinski definition) is 3. The lowest BCUT2D eigenvalue weighted by atomic mass is 10.4. The van der Waals surface area contributed by atoms with Crippen LogP contribution in [-0.2, 0) is 4.74 Å². The van der Waals surface area contributed by atoms with E-state index in [-0.39, 0.29) is 0 Å². The van der Waals surface area contributed by atoms with Gasteiger partial charge in [-0.25, -0.2) is 0 Å². The predicted octanol–water partition coefficient (Wildman–Crippen LogP) is 1.34. The summed E-state index contributed by atoms with van der Waals surface area (Å²) in [6.07, 6.45) is 1.57. The summed E-state index contributed by atoms with van der Waals surface area (Å²) in [4.78, 5) is 2.32. The number of likely N-dealkylation sites (N-methyl/N-ethyl adjacent to an activating group) is 1. The van der Waals surface area contributed by atoms with E-state index in [0.717, 1.165) is 32.8 Å². The minimum absolute atomic E-state index is 0.352. The van der Waals surface area contributed by atoms with Crippen molar-refractivity contribution in [3.63, 3.8) is 0 Å². The molecule has 0 rings (SSSR count). The van der Waals surface area contributed by atoms with E-state index in [2.05, 4.69) is 38.0 Å². The highest BCUT2D eigenvalue weighted by Crippen LogP contribution is 1.90. The molecule has 0 saturated heterocycles. The Hall–Kier alpha value is -0.120. The van der Waals surface area contributed by atoms with Crippen molar-refractivity contribution in [1.29, 1.82) is 0 Å². The van der Waals surface area contributed by atoms with E-state index in [9.17, 15) is 0 Å². The van der Waals surface area contributed by atoms with Crippen LogP contribution >= 0.6 is 0 Å². The van der Waals surface area contributed by atoms with Crippen LogP contribution in [-0.4, -0.2) is 50.8 Å². The minimum Gasteiger partial charge on any atom is -0.377 e. The van der Waals surface area contributed by atoms with Gasteiger partial charge in [0.25, 0.3) is 0 Å². The van der Waals surface area contributed by atoms with E-state index in [1.807, 2.05) is 0 Å². The fourth-order valence-electron chi connectivity index (χ4n) is 1.21. The zero-order valence-electron chi connectivity index (χ0n) is 10.2. The van der Waals surface area contributed by atoms with Gasteiger partial charge < -0.3 is 15.0 Å². The Morgan fingerprint density at radius 2 is 2.00 bits per heavy atom. The van der Waals surface area contributed by atoms with Gasteiger partial charge in [-0.05, 0) is 47.0 Å². The number of nitrogens with one attached hydrogen (secondary N) is 1. The number of nitrogens with zero attached hydrogens (tertiary/aromatic N) is 1. The highest BCUT2D eigenvalue weighted by molar-refractivity contribution is 4.53. The Morgan fingerprint density at radius 1 is 1.29 bits per heavy atom. The molecule has 0 heterocycles. The Labute approximate surface area is 88.8 Å². The standard InChI is InChI=1S/C11H26N2O/c1-5-12-7-6-8-13(4)9-10-14-11(2)3/h11-12H,5-10H2,1-4H3. The summed E-state index contributed by atoms with van der Waals surface area (Å²) in [5.74, 6) is 0. The van der Waals surface area contributed by atoms with Gasteiger partial charge in [0.2, 0.25) is 0 Å². The molecule has 0 amide bonds. The summed E-state index contributed by atoms with van der Waals surface area (Å²) in [5.41, 5.74) is 0. The molecule has 0 aromatic carbocycles. The van der Waals surface area contributed by atoms with Gasteiger partial charge in [-0.2, -0.15) is 0 Å². The molecule has 14 heavy (non-hydrogen) atoms. The summed E-state index contributed by atoms with van der Waals surface area (Å²) < 4.78 is 5.48. The Balaban J connectivity index is 3.15. The molecule has 3 heteroatoms. The fourth-order valence-corrected chi connectivity index (χ4v) is 1.21. The van der Waals surface area contributed by atoms with Crippen molar-refractivity contribution in [2.45, 2.75) is 33.3 Å². The topological polar surface area (TPSA) is 24.5 Å². The molecule has 0 aromatic heterocycles. The molecular weight excluding hydrogens is 176 g/mol. The maximum atomic E-state index is 5.48. The molecule has 86 valence electrons. The van der Waals surface area contributed by atoms with Crippen LogP contribution < -0.4 is 5.32 Å². The largest absolute Gasteiger partial charge is 0.377 e. The summed E-state index contributed by atoms with van der Waals surface area (Å²) in [6, 6.07) is 0. The van der Waals surface area contributed by atoms with Crippen molar-refractivity contribution in [3.05, 3.63) is 0 Å². The average molecular weight is 202 g/mol. The quantitative estimate of drug-likeness (QED) is 0.571. The highest BCUT2D eigenvalue weighted by atomic mass is 16.5. The average Bonchev–Trinajstić information content (AvgIpc) is 2.12. The van der Waals surface area contributed by atoms with E-state index in [1.165, 1.54) is 6.42 Å². The van der Waals surface area contributed by atoms with Crippen LogP contribution in [0.1, 0.15) is 27.2 Å². The monoisotopic (exact) mass is 202 g/mol. The van der Waals surface area contributed by atoms with E-state index in [0.29, 0.717) is 6.10 Å². The first-order valence-corrected chi connectivity index (χ1v) is 5.67. The van der Waals surface area contributed by atoms with Gasteiger partial charge in [0.1, 0.15) is 0 Å². The fraction of sp³-hybridized carbons (Fsp3) is 1.00. The molecule has 0 fully saturated rings. The first-order valence-electron chi connectivity index (χ1n) is 5.67. The van der Waals surface area contributed by atoms with Crippen LogP contribution in [0, 0.1) is 0 Å².